The molecule has 1 amide bonds. The van der Waals surface area contributed by atoms with Crippen LogP contribution in [-0.4, -0.2) is 49.0 Å². The van der Waals surface area contributed by atoms with Crippen molar-refractivity contribution in [3.05, 3.63) is 65.2 Å². The minimum absolute atomic E-state index is 0.169. The van der Waals surface area contributed by atoms with Gasteiger partial charge >= 0.3 is 0 Å². The van der Waals surface area contributed by atoms with E-state index in [2.05, 4.69) is 43.0 Å². The summed E-state index contributed by atoms with van der Waals surface area (Å²) in [5, 5.41) is 0. The zero-order valence-electron chi connectivity index (χ0n) is 18.1. The van der Waals surface area contributed by atoms with Crippen molar-refractivity contribution in [2.24, 2.45) is 5.92 Å². The van der Waals surface area contributed by atoms with Gasteiger partial charge in [-0.05, 0) is 73.7 Å². The normalized spacial score (nSPS) is 15.0. The fourth-order valence-corrected chi connectivity index (χ4v) is 4.08. The summed E-state index contributed by atoms with van der Waals surface area (Å²) in [4.78, 5) is 17.3. The minimum Gasteiger partial charge on any atom is -0.497 e. The van der Waals surface area contributed by atoms with Crippen LogP contribution < -0.4 is 4.74 Å². The first-order valence-corrected chi connectivity index (χ1v) is 10.9. The maximum Gasteiger partial charge on any atom is 0.253 e. The van der Waals surface area contributed by atoms with Crippen LogP contribution >= 0.6 is 0 Å². The Hall–Kier alpha value is -2.33. The van der Waals surface area contributed by atoms with Crippen LogP contribution in [0.3, 0.4) is 0 Å². The molecule has 0 N–H and O–H groups in total. The van der Waals surface area contributed by atoms with Crippen molar-refractivity contribution >= 4 is 5.91 Å². The molecule has 1 heterocycles. The van der Waals surface area contributed by atoms with Crippen LogP contribution in [0.1, 0.15) is 48.2 Å². The second-order valence-corrected chi connectivity index (χ2v) is 7.95. The van der Waals surface area contributed by atoms with E-state index in [1.807, 2.05) is 29.2 Å². The highest BCUT2D eigenvalue weighted by Gasteiger charge is 2.23. The zero-order valence-corrected chi connectivity index (χ0v) is 18.1. The van der Waals surface area contributed by atoms with E-state index in [9.17, 15) is 4.79 Å². The third kappa shape index (κ3) is 5.83. The molecular formula is C25H34N2O2. The summed E-state index contributed by atoms with van der Waals surface area (Å²) in [6, 6.07) is 16.5. The lowest BCUT2D eigenvalue weighted by Crippen LogP contribution is -2.38. The molecule has 0 radical (unpaired) electrons. The van der Waals surface area contributed by atoms with Gasteiger partial charge in [-0.3, -0.25) is 9.69 Å². The lowest BCUT2D eigenvalue weighted by Gasteiger charge is -2.32. The maximum absolute atomic E-state index is 12.9. The van der Waals surface area contributed by atoms with Crippen LogP contribution in [0.25, 0.3) is 0 Å². The van der Waals surface area contributed by atoms with E-state index in [-0.39, 0.29) is 5.91 Å². The second-order valence-electron chi connectivity index (χ2n) is 7.95. The van der Waals surface area contributed by atoms with E-state index >= 15 is 0 Å². The number of amides is 1. The van der Waals surface area contributed by atoms with Crippen LogP contribution in [-0.2, 0) is 13.0 Å². The van der Waals surface area contributed by atoms with Gasteiger partial charge in [-0.25, -0.2) is 0 Å². The summed E-state index contributed by atoms with van der Waals surface area (Å²) in [7, 11) is 1.69. The van der Waals surface area contributed by atoms with E-state index in [0.29, 0.717) is 5.92 Å². The van der Waals surface area contributed by atoms with Crippen LogP contribution in [0.2, 0.25) is 0 Å². The molecule has 156 valence electrons. The standard InChI is InChI=1S/C25H34N2O2/c1-4-26(5-2)19-22-6-10-23(11-7-22)25(28)27-16-14-21(15-17-27)18-20-8-12-24(29-3)13-9-20/h6-13,21H,4-5,14-19H2,1-3H3. The van der Waals surface area contributed by atoms with E-state index < -0.39 is 0 Å². The van der Waals surface area contributed by atoms with Gasteiger partial charge < -0.3 is 9.64 Å². The molecule has 4 heteroatoms. The molecule has 1 aliphatic heterocycles. The molecule has 0 aliphatic carbocycles. The van der Waals surface area contributed by atoms with Gasteiger partial charge in [-0.15, -0.1) is 0 Å². The Morgan fingerprint density at radius 3 is 2.10 bits per heavy atom. The second kappa shape index (κ2) is 10.4. The molecule has 0 spiro atoms. The predicted octanol–water partition coefficient (Wildman–Crippen LogP) is 4.63. The summed E-state index contributed by atoms with van der Waals surface area (Å²) in [6.07, 6.45) is 3.21. The molecule has 0 saturated carbocycles. The molecule has 0 bridgehead atoms. The summed E-state index contributed by atoms with van der Waals surface area (Å²) in [6.45, 7) is 9.09. The van der Waals surface area contributed by atoms with E-state index in [4.69, 9.17) is 4.74 Å². The number of methoxy groups -OCH3 is 1. The highest BCUT2D eigenvalue weighted by atomic mass is 16.5. The number of benzene rings is 2. The smallest absolute Gasteiger partial charge is 0.253 e. The monoisotopic (exact) mass is 394 g/mol. The first kappa shape index (κ1) is 21.4. The van der Waals surface area contributed by atoms with Gasteiger partial charge in [-0.1, -0.05) is 38.1 Å². The average molecular weight is 395 g/mol. The zero-order chi connectivity index (χ0) is 20.6. The van der Waals surface area contributed by atoms with E-state index in [1.54, 1.807) is 7.11 Å². The Balaban J connectivity index is 1.50. The Morgan fingerprint density at radius 2 is 1.55 bits per heavy atom. The number of rotatable bonds is 8. The van der Waals surface area contributed by atoms with Crippen molar-refractivity contribution in [3.63, 3.8) is 0 Å². The molecule has 0 unspecified atom stereocenters. The topological polar surface area (TPSA) is 32.8 Å². The van der Waals surface area contributed by atoms with Crippen molar-refractivity contribution in [1.82, 2.24) is 9.80 Å². The van der Waals surface area contributed by atoms with Gasteiger partial charge in [0.25, 0.3) is 5.91 Å². The lowest BCUT2D eigenvalue weighted by molar-refractivity contribution is 0.0690. The quantitative estimate of drug-likeness (QED) is 0.654. The van der Waals surface area contributed by atoms with Crippen LogP contribution in [0.15, 0.2) is 48.5 Å². The van der Waals surface area contributed by atoms with Crippen molar-refractivity contribution in [2.45, 2.75) is 39.7 Å². The molecule has 29 heavy (non-hydrogen) atoms. The van der Waals surface area contributed by atoms with Crippen LogP contribution in [0.5, 0.6) is 5.75 Å². The predicted molar refractivity (Wildman–Crippen MR) is 118 cm³/mol. The highest BCUT2D eigenvalue weighted by Crippen LogP contribution is 2.24. The Kier molecular flexibility index (Phi) is 7.70. The number of hydrogen-bond acceptors (Lipinski definition) is 3. The molecule has 1 fully saturated rings. The SMILES string of the molecule is CCN(CC)Cc1ccc(C(=O)N2CCC(Cc3ccc(OC)cc3)CC2)cc1. The Morgan fingerprint density at radius 1 is 0.966 bits per heavy atom. The fraction of sp³-hybridized carbons (Fsp3) is 0.480. The Bertz CT molecular complexity index is 758. The molecule has 1 aliphatic rings. The number of ether oxygens (including phenoxy) is 1. The van der Waals surface area contributed by atoms with Crippen molar-refractivity contribution in [2.75, 3.05) is 33.3 Å². The first-order valence-electron chi connectivity index (χ1n) is 10.9. The maximum atomic E-state index is 12.9. The third-order valence-electron chi connectivity index (χ3n) is 6.09. The number of piperidine rings is 1. The van der Waals surface area contributed by atoms with Gasteiger partial charge in [0.05, 0.1) is 7.11 Å². The third-order valence-corrected chi connectivity index (χ3v) is 6.09. The summed E-state index contributed by atoms with van der Waals surface area (Å²) in [5.41, 5.74) is 3.42. The van der Waals surface area contributed by atoms with Crippen molar-refractivity contribution < 1.29 is 9.53 Å². The van der Waals surface area contributed by atoms with E-state index in [1.165, 1.54) is 11.1 Å². The van der Waals surface area contributed by atoms with Crippen LogP contribution in [0, 0.1) is 5.92 Å². The molecule has 3 rings (SSSR count). The number of carbonyl (C=O) groups is 1. The average Bonchev–Trinajstić information content (AvgIpc) is 2.78. The first-order chi connectivity index (χ1) is 14.1. The summed E-state index contributed by atoms with van der Waals surface area (Å²) < 4.78 is 5.23. The number of nitrogens with zero attached hydrogens (tertiary/aromatic N) is 2. The molecule has 1 saturated heterocycles. The molecule has 0 aromatic heterocycles. The van der Waals surface area contributed by atoms with Crippen molar-refractivity contribution in [3.8, 4) is 5.75 Å². The van der Waals surface area contributed by atoms with Gasteiger partial charge in [0.2, 0.25) is 0 Å². The van der Waals surface area contributed by atoms with Gasteiger partial charge in [0.1, 0.15) is 5.75 Å². The van der Waals surface area contributed by atoms with Gasteiger partial charge in [0.15, 0.2) is 0 Å². The summed E-state index contributed by atoms with van der Waals surface area (Å²) >= 11 is 0. The largest absolute Gasteiger partial charge is 0.497 e. The van der Waals surface area contributed by atoms with Crippen LogP contribution in [0.4, 0.5) is 0 Å². The number of hydrogen-bond donors (Lipinski definition) is 0. The molecule has 4 nitrogen and oxygen atoms in total. The fourth-order valence-electron chi connectivity index (χ4n) is 4.08. The molecular weight excluding hydrogens is 360 g/mol. The molecule has 0 atom stereocenters. The summed E-state index contributed by atoms with van der Waals surface area (Å²) in [5.74, 6) is 1.71. The number of carbonyl (C=O) groups excluding carboxylic acids is 1. The molecule has 2 aromatic carbocycles. The van der Waals surface area contributed by atoms with Gasteiger partial charge in [0, 0.05) is 25.2 Å². The minimum atomic E-state index is 0.169. The van der Waals surface area contributed by atoms with Gasteiger partial charge in [-0.2, -0.15) is 0 Å². The lowest BCUT2D eigenvalue weighted by atomic mass is 9.90. The van der Waals surface area contributed by atoms with E-state index in [0.717, 1.165) is 63.3 Å². The highest BCUT2D eigenvalue weighted by molar-refractivity contribution is 5.94. The number of likely N-dealkylation sites (tertiary alicyclic amines) is 1. The Labute approximate surface area is 175 Å². The van der Waals surface area contributed by atoms with Crippen molar-refractivity contribution in [1.29, 1.82) is 0 Å². The molecule has 2 aromatic rings.